The average Bonchev–Trinajstić information content (AvgIpc) is 3.36. The van der Waals surface area contributed by atoms with Crippen LogP contribution in [0.15, 0.2) is 60.1 Å². The van der Waals surface area contributed by atoms with E-state index in [1.54, 1.807) is 6.20 Å². The molecule has 0 aliphatic carbocycles. The van der Waals surface area contributed by atoms with Crippen LogP contribution >= 0.6 is 24.0 Å². The minimum absolute atomic E-state index is 0. The van der Waals surface area contributed by atoms with E-state index in [2.05, 4.69) is 58.2 Å². The Labute approximate surface area is 189 Å². The fraction of sp³-hybridized carbons (Fsp3) is 0.381. The number of rotatable bonds is 9. The Morgan fingerprint density at radius 2 is 1.93 bits per heavy atom. The van der Waals surface area contributed by atoms with Crippen molar-refractivity contribution in [1.82, 2.24) is 30.2 Å². The molecule has 2 aromatic heterocycles. The fourth-order valence-corrected chi connectivity index (χ4v) is 3.04. The SMILES string of the molecule is CCNC(=NCc1ccccc1Cn1cccn1)NCCCc1cnn(C)c1.I. The largest absolute Gasteiger partial charge is 0.357 e. The number of aliphatic imine (C=N–C) groups is 1. The number of hydrogen-bond acceptors (Lipinski definition) is 3. The van der Waals surface area contributed by atoms with Gasteiger partial charge in [-0.05, 0) is 42.5 Å². The third-order valence-corrected chi connectivity index (χ3v) is 4.45. The van der Waals surface area contributed by atoms with Crippen molar-refractivity contribution in [2.24, 2.45) is 12.0 Å². The Morgan fingerprint density at radius 3 is 2.62 bits per heavy atom. The lowest BCUT2D eigenvalue weighted by Crippen LogP contribution is -2.37. The molecule has 0 saturated heterocycles. The Kier molecular flexibility index (Phi) is 9.69. The summed E-state index contributed by atoms with van der Waals surface area (Å²) in [7, 11) is 1.95. The van der Waals surface area contributed by atoms with E-state index >= 15 is 0 Å². The first-order valence-electron chi connectivity index (χ1n) is 9.78. The van der Waals surface area contributed by atoms with Crippen molar-refractivity contribution in [2.45, 2.75) is 32.9 Å². The molecule has 0 spiro atoms. The highest BCUT2D eigenvalue weighted by molar-refractivity contribution is 14.0. The van der Waals surface area contributed by atoms with Crippen LogP contribution in [-0.4, -0.2) is 38.6 Å². The monoisotopic (exact) mass is 507 g/mol. The topological polar surface area (TPSA) is 72.1 Å². The molecule has 0 fully saturated rings. The number of guanidine groups is 1. The molecule has 0 unspecified atom stereocenters. The van der Waals surface area contributed by atoms with Crippen LogP contribution in [0.5, 0.6) is 0 Å². The van der Waals surface area contributed by atoms with E-state index in [4.69, 9.17) is 4.99 Å². The minimum Gasteiger partial charge on any atom is -0.357 e. The number of benzene rings is 1. The summed E-state index contributed by atoms with van der Waals surface area (Å²) in [6.45, 7) is 5.18. The highest BCUT2D eigenvalue weighted by Crippen LogP contribution is 2.11. The zero-order valence-electron chi connectivity index (χ0n) is 17.1. The predicted octanol–water partition coefficient (Wildman–Crippen LogP) is 2.97. The van der Waals surface area contributed by atoms with Gasteiger partial charge in [0, 0.05) is 38.7 Å². The van der Waals surface area contributed by atoms with Gasteiger partial charge >= 0.3 is 0 Å². The van der Waals surface area contributed by atoms with Gasteiger partial charge in [0.15, 0.2) is 5.96 Å². The predicted molar refractivity (Wildman–Crippen MR) is 128 cm³/mol. The Morgan fingerprint density at radius 1 is 1.10 bits per heavy atom. The molecule has 0 aliphatic heterocycles. The van der Waals surface area contributed by atoms with Crippen LogP contribution in [0.4, 0.5) is 0 Å². The number of hydrogen-bond donors (Lipinski definition) is 2. The van der Waals surface area contributed by atoms with E-state index in [9.17, 15) is 0 Å². The van der Waals surface area contributed by atoms with Crippen molar-refractivity contribution in [1.29, 1.82) is 0 Å². The molecule has 0 saturated carbocycles. The normalized spacial score (nSPS) is 11.2. The van der Waals surface area contributed by atoms with E-state index in [1.165, 1.54) is 16.7 Å². The van der Waals surface area contributed by atoms with Crippen LogP contribution in [0.1, 0.15) is 30.0 Å². The van der Waals surface area contributed by atoms with Gasteiger partial charge in [0.25, 0.3) is 0 Å². The molecule has 8 heteroatoms. The van der Waals surface area contributed by atoms with Gasteiger partial charge in [0.2, 0.25) is 0 Å². The van der Waals surface area contributed by atoms with Crippen molar-refractivity contribution >= 4 is 29.9 Å². The summed E-state index contributed by atoms with van der Waals surface area (Å²) in [5.41, 5.74) is 3.71. The van der Waals surface area contributed by atoms with Crippen molar-refractivity contribution in [2.75, 3.05) is 13.1 Å². The number of nitrogens with one attached hydrogen (secondary N) is 2. The molecule has 3 rings (SSSR count). The van der Waals surface area contributed by atoms with Gasteiger partial charge in [0.1, 0.15) is 0 Å². The summed E-state index contributed by atoms with van der Waals surface area (Å²) in [5, 5.41) is 15.3. The average molecular weight is 507 g/mol. The lowest BCUT2D eigenvalue weighted by molar-refractivity contribution is 0.680. The van der Waals surface area contributed by atoms with Gasteiger partial charge in [-0.25, -0.2) is 4.99 Å². The third kappa shape index (κ3) is 7.52. The third-order valence-electron chi connectivity index (χ3n) is 4.45. The van der Waals surface area contributed by atoms with Gasteiger partial charge in [-0.3, -0.25) is 9.36 Å². The number of halogens is 1. The highest BCUT2D eigenvalue weighted by Gasteiger charge is 2.04. The molecule has 0 radical (unpaired) electrons. The van der Waals surface area contributed by atoms with E-state index < -0.39 is 0 Å². The molecule has 0 bridgehead atoms. The second-order valence-electron chi connectivity index (χ2n) is 6.72. The number of nitrogens with zero attached hydrogens (tertiary/aromatic N) is 5. The van der Waals surface area contributed by atoms with Crippen molar-refractivity contribution in [3.63, 3.8) is 0 Å². The summed E-state index contributed by atoms with van der Waals surface area (Å²) < 4.78 is 3.78. The molecule has 0 amide bonds. The molecular weight excluding hydrogens is 477 g/mol. The standard InChI is InChI=1S/C21H29N7.HI/c1-3-22-21(23-11-6-8-18-14-26-27(2)16-18)24-15-19-9-4-5-10-20(19)17-28-13-7-12-25-28;/h4-5,7,9-10,12-14,16H,3,6,8,11,15,17H2,1-2H3,(H2,22,23,24);1H. The van der Waals surface area contributed by atoms with Crippen molar-refractivity contribution < 1.29 is 0 Å². The highest BCUT2D eigenvalue weighted by atomic mass is 127. The minimum atomic E-state index is 0. The first-order valence-corrected chi connectivity index (χ1v) is 9.78. The summed E-state index contributed by atoms with van der Waals surface area (Å²) >= 11 is 0. The van der Waals surface area contributed by atoms with E-state index in [0.717, 1.165) is 38.4 Å². The summed E-state index contributed by atoms with van der Waals surface area (Å²) in [6.07, 6.45) is 9.82. The molecule has 3 aromatic rings. The lowest BCUT2D eigenvalue weighted by Gasteiger charge is -2.12. The maximum Gasteiger partial charge on any atom is 0.191 e. The van der Waals surface area contributed by atoms with Gasteiger partial charge in [-0.1, -0.05) is 24.3 Å². The quantitative estimate of drug-likeness (QED) is 0.202. The summed E-state index contributed by atoms with van der Waals surface area (Å²) in [5.74, 6) is 0.850. The summed E-state index contributed by atoms with van der Waals surface area (Å²) in [6, 6.07) is 10.3. The lowest BCUT2D eigenvalue weighted by atomic mass is 10.1. The van der Waals surface area contributed by atoms with Crippen molar-refractivity contribution in [3.05, 3.63) is 71.8 Å². The van der Waals surface area contributed by atoms with Gasteiger partial charge in [-0.2, -0.15) is 10.2 Å². The van der Waals surface area contributed by atoms with Gasteiger partial charge in [0.05, 0.1) is 19.3 Å². The second-order valence-corrected chi connectivity index (χ2v) is 6.72. The van der Waals surface area contributed by atoms with Crippen LogP contribution in [0, 0.1) is 0 Å². The van der Waals surface area contributed by atoms with E-state index in [1.807, 2.05) is 34.9 Å². The zero-order valence-corrected chi connectivity index (χ0v) is 19.4. The molecule has 7 nitrogen and oxygen atoms in total. The Hall–Kier alpha value is -2.36. The van der Waals surface area contributed by atoms with Crippen molar-refractivity contribution in [3.8, 4) is 0 Å². The van der Waals surface area contributed by atoms with Gasteiger partial charge in [-0.15, -0.1) is 24.0 Å². The number of aryl methyl sites for hydroxylation is 2. The molecule has 0 atom stereocenters. The first kappa shape index (κ1) is 22.9. The number of aromatic nitrogens is 4. The van der Waals surface area contributed by atoms with Crippen LogP contribution in [-0.2, 0) is 26.6 Å². The van der Waals surface area contributed by atoms with Crippen LogP contribution in [0.2, 0.25) is 0 Å². The first-order chi connectivity index (χ1) is 13.7. The molecule has 0 aliphatic rings. The fourth-order valence-electron chi connectivity index (χ4n) is 3.04. The molecule has 2 N–H and O–H groups in total. The van der Waals surface area contributed by atoms with E-state index in [0.29, 0.717) is 6.54 Å². The maximum absolute atomic E-state index is 4.77. The Balaban J connectivity index is 0.00000300. The second kappa shape index (κ2) is 12.3. The van der Waals surface area contributed by atoms with Crippen LogP contribution in [0.3, 0.4) is 0 Å². The van der Waals surface area contributed by atoms with Crippen LogP contribution < -0.4 is 10.6 Å². The smallest absolute Gasteiger partial charge is 0.191 e. The molecular formula is C21H30IN7. The van der Waals surface area contributed by atoms with E-state index in [-0.39, 0.29) is 24.0 Å². The molecule has 29 heavy (non-hydrogen) atoms. The summed E-state index contributed by atoms with van der Waals surface area (Å²) in [4.78, 5) is 4.77. The molecule has 1 aromatic carbocycles. The molecule has 2 heterocycles. The maximum atomic E-state index is 4.77. The Bertz CT molecular complexity index is 871. The van der Waals surface area contributed by atoms with Crippen LogP contribution in [0.25, 0.3) is 0 Å². The zero-order chi connectivity index (χ0) is 19.6. The molecule has 156 valence electrons. The van der Waals surface area contributed by atoms with Gasteiger partial charge < -0.3 is 10.6 Å².